The van der Waals surface area contributed by atoms with Crippen molar-refractivity contribution in [2.75, 3.05) is 25.0 Å². The van der Waals surface area contributed by atoms with E-state index >= 15 is 0 Å². The van der Waals surface area contributed by atoms with Gasteiger partial charge in [-0.15, -0.1) is 0 Å². The summed E-state index contributed by atoms with van der Waals surface area (Å²) in [5, 5.41) is 2.62. The Hall–Kier alpha value is -4.83. The van der Waals surface area contributed by atoms with Crippen molar-refractivity contribution in [3.63, 3.8) is 0 Å². The molecule has 1 N–H and O–H groups in total. The maximum absolute atomic E-state index is 14.1. The number of rotatable bonds is 13. The number of anilines is 1. The predicted molar refractivity (Wildman–Crippen MR) is 166 cm³/mol. The molecule has 1 atom stereocenters. The number of para-hydroxylation sites is 1. The van der Waals surface area contributed by atoms with Crippen LogP contribution in [0.15, 0.2) is 114 Å². The lowest BCUT2D eigenvalue weighted by Crippen LogP contribution is -2.51. The largest absolute Gasteiger partial charge is 0.497 e. The number of amides is 2. The number of benzene rings is 4. The second-order valence-electron chi connectivity index (χ2n) is 9.65. The van der Waals surface area contributed by atoms with Crippen LogP contribution in [0.5, 0.6) is 17.2 Å². The molecule has 4 aromatic rings. The Morgan fingerprint density at radius 3 is 2.02 bits per heavy atom. The number of carbonyl (C=O) groups is 2. The third kappa shape index (κ3) is 7.72. The minimum atomic E-state index is -4.17. The SMILES string of the molecule is CC[C@H](C(=O)NC)N(Cc1cccc(OC)c1)C(=O)CN(c1ccc(Oc2ccccc2)cc1)S(=O)(=O)c1ccccc1. The topological polar surface area (TPSA) is 105 Å². The zero-order valence-electron chi connectivity index (χ0n) is 24.3. The van der Waals surface area contributed by atoms with Crippen LogP contribution in [-0.4, -0.2) is 51.9 Å². The van der Waals surface area contributed by atoms with Crippen molar-refractivity contribution < 1.29 is 27.5 Å². The third-order valence-corrected chi connectivity index (χ3v) is 8.62. The van der Waals surface area contributed by atoms with Gasteiger partial charge in [-0.25, -0.2) is 8.42 Å². The molecule has 0 saturated carbocycles. The number of carbonyl (C=O) groups excluding carboxylic acids is 2. The predicted octanol–water partition coefficient (Wildman–Crippen LogP) is 5.24. The monoisotopic (exact) mass is 601 g/mol. The smallest absolute Gasteiger partial charge is 0.264 e. The molecule has 0 radical (unpaired) electrons. The standard InChI is InChI=1S/C33H35N3O6S/c1-4-31(33(38)34-2)35(23-25-12-11-15-29(22-25)41-3)32(37)24-36(43(39,40)30-16-9-6-10-17-30)26-18-20-28(21-19-26)42-27-13-7-5-8-14-27/h5-22,31H,4,23-24H2,1-3H3,(H,34,38)/t31-/m1/s1. The Bertz CT molecular complexity index is 1610. The number of nitrogens with one attached hydrogen (secondary N) is 1. The molecule has 43 heavy (non-hydrogen) atoms. The van der Waals surface area contributed by atoms with E-state index in [0.29, 0.717) is 23.7 Å². The van der Waals surface area contributed by atoms with Gasteiger partial charge in [0, 0.05) is 13.6 Å². The average Bonchev–Trinajstić information content (AvgIpc) is 3.04. The van der Waals surface area contributed by atoms with Crippen molar-refractivity contribution in [3.8, 4) is 17.2 Å². The van der Waals surface area contributed by atoms with Crippen molar-refractivity contribution in [2.45, 2.75) is 30.8 Å². The van der Waals surface area contributed by atoms with E-state index in [0.717, 1.165) is 9.87 Å². The van der Waals surface area contributed by atoms with Gasteiger partial charge in [-0.2, -0.15) is 0 Å². The summed E-state index contributed by atoms with van der Waals surface area (Å²) in [6.45, 7) is 1.34. The Balaban J connectivity index is 1.71. The first-order valence-corrected chi connectivity index (χ1v) is 15.3. The molecule has 0 aliphatic heterocycles. The Labute approximate surface area is 252 Å². The first-order valence-electron chi connectivity index (χ1n) is 13.8. The summed E-state index contributed by atoms with van der Waals surface area (Å²) in [6, 6.07) is 30.0. The molecular formula is C33H35N3O6S. The molecule has 0 heterocycles. The van der Waals surface area contributed by atoms with Crippen LogP contribution in [-0.2, 0) is 26.2 Å². The molecule has 4 aromatic carbocycles. The number of methoxy groups -OCH3 is 1. The first kappa shape index (κ1) is 31.1. The van der Waals surface area contributed by atoms with E-state index in [4.69, 9.17) is 9.47 Å². The Morgan fingerprint density at radius 1 is 0.814 bits per heavy atom. The van der Waals surface area contributed by atoms with Crippen LogP contribution in [0.2, 0.25) is 0 Å². The summed E-state index contributed by atoms with van der Waals surface area (Å²) in [5.41, 5.74) is 1.00. The molecular weight excluding hydrogens is 566 g/mol. The minimum Gasteiger partial charge on any atom is -0.497 e. The lowest BCUT2D eigenvalue weighted by Gasteiger charge is -2.33. The van der Waals surface area contributed by atoms with Crippen LogP contribution in [0.1, 0.15) is 18.9 Å². The van der Waals surface area contributed by atoms with Crippen LogP contribution in [0.4, 0.5) is 5.69 Å². The number of hydrogen-bond acceptors (Lipinski definition) is 6. The summed E-state index contributed by atoms with van der Waals surface area (Å²) in [7, 11) is -1.12. The van der Waals surface area contributed by atoms with Gasteiger partial charge >= 0.3 is 0 Å². The zero-order valence-corrected chi connectivity index (χ0v) is 25.2. The summed E-state index contributed by atoms with van der Waals surface area (Å²) in [4.78, 5) is 28.4. The zero-order chi connectivity index (χ0) is 30.8. The van der Waals surface area contributed by atoms with E-state index in [2.05, 4.69) is 5.32 Å². The van der Waals surface area contributed by atoms with E-state index in [1.54, 1.807) is 74.7 Å². The van der Waals surface area contributed by atoms with Gasteiger partial charge in [-0.05, 0) is 72.6 Å². The number of sulfonamides is 1. The molecule has 4 rings (SSSR count). The number of ether oxygens (including phenoxy) is 2. The van der Waals surface area contributed by atoms with E-state index in [1.165, 1.54) is 24.1 Å². The van der Waals surface area contributed by atoms with Gasteiger partial charge in [-0.3, -0.25) is 13.9 Å². The highest BCUT2D eigenvalue weighted by Crippen LogP contribution is 2.29. The molecule has 0 unspecified atom stereocenters. The summed E-state index contributed by atoms with van der Waals surface area (Å²) >= 11 is 0. The lowest BCUT2D eigenvalue weighted by molar-refractivity contribution is -0.140. The van der Waals surface area contributed by atoms with Gasteiger partial charge in [0.2, 0.25) is 11.8 Å². The molecule has 0 saturated heterocycles. The van der Waals surface area contributed by atoms with Crippen LogP contribution in [0, 0.1) is 0 Å². The van der Waals surface area contributed by atoms with Gasteiger partial charge in [0.15, 0.2) is 0 Å². The molecule has 10 heteroatoms. The second-order valence-corrected chi connectivity index (χ2v) is 11.5. The molecule has 0 spiro atoms. The Morgan fingerprint density at radius 2 is 1.42 bits per heavy atom. The van der Waals surface area contributed by atoms with Gasteiger partial charge < -0.3 is 19.7 Å². The lowest BCUT2D eigenvalue weighted by atomic mass is 10.1. The normalized spacial score (nSPS) is 11.7. The highest BCUT2D eigenvalue weighted by atomic mass is 32.2. The number of nitrogens with zero attached hydrogens (tertiary/aromatic N) is 2. The van der Waals surface area contributed by atoms with Crippen molar-refractivity contribution in [3.05, 3.63) is 115 Å². The van der Waals surface area contributed by atoms with Gasteiger partial charge in [0.25, 0.3) is 10.0 Å². The van der Waals surface area contributed by atoms with E-state index in [-0.39, 0.29) is 23.0 Å². The molecule has 0 fully saturated rings. The van der Waals surface area contributed by atoms with Gasteiger partial charge in [0.1, 0.15) is 29.8 Å². The average molecular weight is 602 g/mol. The fourth-order valence-electron chi connectivity index (χ4n) is 4.61. The Kier molecular flexibility index (Phi) is 10.4. The third-order valence-electron chi connectivity index (χ3n) is 6.83. The second kappa shape index (κ2) is 14.4. The maximum Gasteiger partial charge on any atom is 0.264 e. The number of likely N-dealkylation sites (N-methyl/N-ethyl adjacent to an activating group) is 1. The maximum atomic E-state index is 14.1. The molecule has 0 bridgehead atoms. The van der Waals surface area contributed by atoms with Crippen molar-refractivity contribution in [1.29, 1.82) is 0 Å². The molecule has 0 aromatic heterocycles. The highest BCUT2D eigenvalue weighted by Gasteiger charge is 2.33. The summed E-state index contributed by atoms with van der Waals surface area (Å²) in [5.74, 6) is 0.848. The fourth-order valence-corrected chi connectivity index (χ4v) is 6.04. The van der Waals surface area contributed by atoms with E-state index in [1.807, 2.05) is 36.4 Å². The van der Waals surface area contributed by atoms with Crippen LogP contribution in [0.3, 0.4) is 0 Å². The summed E-state index contributed by atoms with van der Waals surface area (Å²) < 4.78 is 40.2. The van der Waals surface area contributed by atoms with E-state index in [9.17, 15) is 18.0 Å². The van der Waals surface area contributed by atoms with E-state index < -0.39 is 28.5 Å². The van der Waals surface area contributed by atoms with Crippen LogP contribution >= 0.6 is 0 Å². The van der Waals surface area contributed by atoms with Crippen molar-refractivity contribution >= 4 is 27.5 Å². The van der Waals surface area contributed by atoms with Crippen molar-refractivity contribution in [2.24, 2.45) is 0 Å². The van der Waals surface area contributed by atoms with Gasteiger partial charge in [0.05, 0.1) is 17.7 Å². The molecule has 2 amide bonds. The number of hydrogen-bond donors (Lipinski definition) is 1. The fraction of sp³-hybridized carbons (Fsp3) is 0.212. The molecule has 224 valence electrons. The summed E-state index contributed by atoms with van der Waals surface area (Å²) in [6.07, 6.45) is 0.326. The van der Waals surface area contributed by atoms with Gasteiger partial charge in [-0.1, -0.05) is 55.5 Å². The van der Waals surface area contributed by atoms with Crippen LogP contribution in [0.25, 0.3) is 0 Å². The molecule has 0 aliphatic carbocycles. The highest BCUT2D eigenvalue weighted by molar-refractivity contribution is 7.92. The molecule has 0 aliphatic rings. The minimum absolute atomic E-state index is 0.0325. The molecule has 9 nitrogen and oxygen atoms in total. The quantitative estimate of drug-likeness (QED) is 0.225. The van der Waals surface area contributed by atoms with Crippen LogP contribution < -0.4 is 19.1 Å². The van der Waals surface area contributed by atoms with Crippen molar-refractivity contribution in [1.82, 2.24) is 10.2 Å². The first-order chi connectivity index (χ1) is 20.8.